The van der Waals surface area contributed by atoms with Crippen LogP contribution in [0.25, 0.3) is 0 Å². The van der Waals surface area contributed by atoms with Crippen molar-refractivity contribution in [3.05, 3.63) is 11.7 Å². The molecule has 0 radical (unpaired) electrons. The summed E-state index contributed by atoms with van der Waals surface area (Å²) in [6, 6.07) is 0. The Morgan fingerprint density at radius 3 is 2.73 bits per heavy atom. The zero-order chi connectivity index (χ0) is 10.3. The predicted octanol–water partition coefficient (Wildman–Crippen LogP) is 1.66. The van der Waals surface area contributed by atoms with E-state index in [9.17, 15) is 0 Å². The van der Waals surface area contributed by atoms with Crippen LogP contribution >= 0.6 is 0 Å². The second-order valence-electron chi connectivity index (χ2n) is 4.83. The molecule has 15 heavy (non-hydrogen) atoms. The molecule has 2 fully saturated rings. The SMILES string of the molecule is CC(c1nc(C2CCC2)no1)C1CNC1. The van der Waals surface area contributed by atoms with Crippen molar-refractivity contribution >= 4 is 0 Å². The van der Waals surface area contributed by atoms with Gasteiger partial charge in [0.2, 0.25) is 5.89 Å². The van der Waals surface area contributed by atoms with Gasteiger partial charge in [-0.05, 0) is 31.8 Å². The second kappa shape index (κ2) is 3.59. The maximum absolute atomic E-state index is 5.35. The Morgan fingerprint density at radius 1 is 1.40 bits per heavy atom. The summed E-state index contributed by atoms with van der Waals surface area (Å²) in [4.78, 5) is 4.53. The molecule has 3 rings (SSSR count). The minimum atomic E-state index is 0.410. The molecule has 0 aromatic carbocycles. The van der Waals surface area contributed by atoms with Crippen LogP contribution in [0.2, 0.25) is 0 Å². The Hall–Kier alpha value is -0.900. The van der Waals surface area contributed by atoms with Gasteiger partial charge in [-0.15, -0.1) is 0 Å². The van der Waals surface area contributed by atoms with Crippen molar-refractivity contribution in [3.8, 4) is 0 Å². The molecule has 4 heteroatoms. The lowest BCUT2D eigenvalue weighted by atomic mass is 9.85. The number of aromatic nitrogens is 2. The maximum Gasteiger partial charge on any atom is 0.229 e. The van der Waals surface area contributed by atoms with Crippen LogP contribution in [0, 0.1) is 5.92 Å². The van der Waals surface area contributed by atoms with E-state index in [4.69, 9.17) is 4.52 Å². The summed E-state index contributed by atoms with van der Waals surface area (Å²) < 4.78 is 5.35. The van der Waals surface area contributed by atoms with Crippen LogP contribution in [0.4, 0.5) is 0 Å². The van der Waals surface area contributed by atoms with Gasteiger partial charge in [0, 0.05) is 11.8 Å². The summed E-state index contributed by atoms with van der Waals surface area (Å²) in [5, 5.41) is 7.37. The third kappa shape index (κ3) is 1.57. The zero-order valence-corrected chi connectivity index (χ0v) is 9.07. The molecule has 0 spiro atoms. The molecule has 82 valence electrons. The Kier molecular flexibility index (Phi) is 2.24. The molecule has 1 N–H and O–H groups in total. The smallest absolute Gasteiger partial charge is 0.229 e. The van der Waals surface area contributed by atoms with Gasteiger partial charge in [0.1, 0.15) is 0 Å². The van der Waals surface area contributed by atoms with Gasteiger partial charge in [0.25, 0.3) is 0 Å². The minimum Gasteiger partial charge on any atom is -0.339 e. The predicted molar refractivity (Wildman–Crippen MR) is 55.7 cm³/mol. The first-order chi connectivity index (χ1) is 7.34. The zero-order valence-electron chi connectivity index (χ0n) is 9.07. The third-order valence-electron chi connectivity index (χ3n) is 3.84. The van der Waals surface area contributed by atoms with E-state index in [0.717, 1.165) is 24.8 Å². The first kappa shape index (κ1) is 9.33. The van der Waals surface area contributed by atoms with Crippen LogP contribution in [0.15, 0.2) is 4.52 Å². The van der Waals surface area contributed by atoms with Gasteiger partial charge in [0.15, 0.2) is 5.82 Å². The molecule has 1 saturated carbocycles. The Bertz CT molecular complexity index is 341. The molecule has 1 unspecified atom stereocenters. The van der Waals surface area contributed by atoms with Crippen LogP contribution in [0.1, 0.15) is 49.7 Å². The van der Waals surface area contributed by atoms with Gasteiger partial charge < -0.3 is 9.84 Å². The van der Waals surface area contributed by atoms with E-state index in [1.807, 2.05) is 0 Å². The largest absolute Gasteiger partial charge is 0.339 e. The van der Waals surface area contributed by atoms with Crippen LogP contribution in [0.3, 0.4) is 0 Å². The Morgan fingerprint density at radius 2 is 2.20 bits per heavy atom. The average Bonchev–Trinajstić information content (AvgIpc) is 2.46. The van der Waals surface area contributed by atoms with E-state index in [1.165, 1.54) is 19.3 Å². The number of rotatable bonds is 3. The van der Waals surface area contributed by atoms with E-state index >= 15 is 0 Å². The van der Waals surface area contributed by atoms with Crippen molar-refractivity contribution in [2.24, 2.45) is 5.92 Å². The quantitative estimate of drug-likeness (QED) is 0.819. The van der Waals surface area contributed by atoms with Gasteiger partial charge in [-0.1, -0.05) is 18.5 Å². The first-order valence-corrected chi connectivity index (χ1v) is 5.89. The molecular weight excluding hydrogens is 190 g/mol. The Labute approximate surface area is 89.4 Å². The van der Waals surface area contributed by atoms with E-state index in [2.05, 4.69) is 22.4 Å². The van der Waals surface area contributed by atoms with Crippen molar-refractivity contribution in [1.29, 1.82) is 0 Å². The highest BCUT2D eigenvalue weighted by Gasteiger charge is 2.30. The van der Waals surface area contributed by atoms with Crippen LogP contribution in [-0.4, -0.2) is 23.2 Å². The fourth-order valence-corrected chi connectivity index (χ4v) is 2.13. The Balaban J connectivity index is 1.71. The molecule has 0 amide bonds. The fourth-order valence-electron chi connectivity index (χ4n) is 2.13. The summed E-state index contributed by atoms with van der Waals surface area (Å²) in [6.07, 6.45) is 3.79. The molecule has 2 aliphatic rings. The highest BCUT2D eigenvalue weighted by Crippen LogP contribution is 2.35. The van der Waals surface area contributed by atoms with Gasteiger partial charge in [-0.3, -0.25) is 0 Å². The van der Waals surface area contributed by atoms with Crippen molar-refractivity contribution in [1.82, 2.24) is 15.5 Å². The van der Waals surface area contributed by atoms with Gasteiger partial charge in [-0.25, -0.2) is 0 Å². The van der Waals surface area contributed by atoms with Crippen LogP contribution in [0.5, 0.6) is 0 Å². The van der Waals surface area contributed by atoms with Gasteiger partial charge in [-0.2, -0.15) is 4.98 Å². The normalized spacial score (nSPS) is 24.6. The fraction of sp³-hybridized carbons (Fsp3) is 0.818. The number of hydrogen-bond donors (Lipinski definition) is 1. The second-order valence-corrected chi connectivity index (χ2v) is 4.83. The van der Waals surface area contributed by atoms with E-state index in [0.29, 0.717) is 17.8 Å². The lowest BCUT2D eigenvalue weighted by Gasteiger charge is -2.30. The minimum absolute atomic E-state index is 0.410. The molecular formula is C11H17N3O. The molecule has 1 aliphatic heterocycles. The number of nitrogens with one attached hydrogen (secondary N) is 1. The number of hydrogen-bond acceptors (Lipinski definition) is 4. The van der Waals surface area contributed by atoms with Crippen molar-refractivity contribution < 1.29 is 4.52 Å². The van der Waals surface area contributed by atoms with Gasteiger partial charge in [0.05, 0.1) is 0 Å². The molecule has 1 aliphatic carbocycles. The molecule has 1 aromatic heterocycles. The molecule has 2 heterocycles. The standard InChI is InChI=1S/C11H17N3O/c1-7(9-5-12-6-9)11-13-10(14-15-11)8-3-2-4-8/h7-9,12H,2-6H2,1H3. The van der Waals surface area contributed by atoms with Crippen molar-refractivity contribution in [3.63, 3.8) is 0 Å². The number of nitrogens with zero attached hydrogens (tertiary/aromatic N) is 2. The van der Waals surface area contributed by atoms with E-state index in [1.54, 1.807) is 0 Å². The third-order valence-corrected chi connectivity index (χ3v) is 3.84. The van der Waals surface area contributed by atoms with Gasteiger partial charge >= 0.3 is 0 Å². The van der Waals surface area contributed by atoms with Crippen LogP contribution < -0.4 is 5.32 Å². The molecule has 0 bridgehead atoms. The van der Waals surface area contributed by atoms with E-state index < -0.39 is 0 Å². The summed E-state index contributed by atoms with van der Waals surface area (Å²) in [6.45, 7) is 4.36. The summed E-state index contributed by atoms with van der Waals surface area (Å²) in [5.74, 6) is 3.44. The summed E-state index contributed by atoms with van der Waals surface area (Å²) >= 11 is 0. The summed E-state index contributed by atoms with van der Waals surface area (Å²) in [7, 11) is 0. The first-order valence-electron chi connectivity index (χ1n) is 5.89. The van der Waals surface area contributed by atoms with Crippen molar-refractivity contribution in [2.45, 2.75) is 38.0 Å². The average molecular weight is 207 g/mol. The van der Waals surface area contributed by atoms with Crippen LogP contribution in [-0.2, 0) is 0 Å². The molecule has 1 atom stereocenters. The highest BCUT2D eigenvalue weighted by atomic mass is 16.5. The molecule has 4 nitrogen and oxygen atoms in total. The lowest BCUT2D eigenvalue weighted by molar-refractivity contribution is 0.251. The van der Waals surface area contributed by atoms with Crippen molar-refractivity contribution in [2.75, 3.05) is 13.1 Å². The monoisotopic (exact) mass is 207 g/mol. The van der Waals surface area contributed by atoms with E-state index in [-0.39, 0.29) is 0 Å². The topological polar surface area (TPSA) is 51.0 Å². The maximum atomic E-state index is 5.35. The highest BCUT2D eigenvalue weighted by molar-refractivity contribution is 5.04. The summed E-state index contributed by atoms with van der Waals surface area (Å²) in [5.41, 5.74) is 0. The molecule has 1 aromatic rings. The lowest BCUT2D eigenvalue weighted by Crippen LogP contribution is -2.44. The molecule has 1 saturated heterocycles.